The van der Waals surface area contributed by atoms with E-state index in [2.05, 4.69) is 0 Å². The van der Waals surface area contributed by atoms with E-state index < -0.39 is 117 Å². The lowest BCUT2D eigenvalue weighted by atomic mass is 9.92. The second kappa shape index (κ2) is 26.2. The summed E-state index contributed by atoms with van der Waals surface area (Å²) < 4.78 is 125. The third-order valence-corrected chi connectivity index (χ3v) is 23.5. The average Bonchev–Trinajstić information content (AvgIpc) is 3.29. The Morgan fingerprint density at radius 2 is 0.588 bits per heavy atom. The van der Waals surface area contributed by atoms with E-state index in [0.29, 0.717) is 43.2 Å². The van der Waals surface area contributed by atoms with Crippen LogP contribution in [0.4, 0.5) is 0 Å². The van der Waals surface area contributed by atoms with Gasteiger partial charge in [-0.2, -0.15) is 0 Å². The first kappa shape index (κ1) is 56.5. The maximum Gasteiger partial charge on any atom is 0.306 e. The van der Waals surface area contributed by atoms with Crippen LogP contribution in [0.2, 0.25) is 0 Å². The monoisotopic (exact) mass is 1090 g/mol. The Kier molecular flexibility index (Phi) is 21.8. The fourth-order valence-corrected chi connectivity index (χ4v) is 16.3. The van der Waals surface area contributed by atoms with Gasteiger partial charge in [-0.05, 0) is 112 Å². The predicted octanol–water partition coefficient (Wildman–Crippen LogP) is 7.12. The van der Waals surface area contributed by atoms with Crippen LogP contribution in [-0.4, -0.2) is 107 Å². The van der Waals surface area contributed by atoms with Crippen LogP contribution in [0.1, 0.15) is 42.4 Å². The van der Waals surface area contributed by atoms with Crippen LogP contribution in [-0.2, 0) is 73.6 Å². The quantitative estimate of drug-likeness (QED) is 0.0312. The maximum absolute atomic E-state index is 13.1. The van der Waals surface area contributed by atoms with E-state index in [1.54, 1.807) is 63.2 Å². The van der Waals surface area contributed by atoms with Crippen LogP contribution in [0.25, 0.3) is 0 Å². The number of aryl methyl sites for hydroxylation is 3. The normalized spacial score (nSPS) is 12.2. The Hall–Kier alpha value is -4.04. The highest BCUT2D eigenvalue weighted by Crippen LogP contribution is 2.29. The Labute approximate surface area is 412 Å². The molecule has 0 unspecified atom stereocenters. The van der Waals surface area contributed by atoms with Gasteiger partial charge in [0.05, 0.1) is 45.3 Å². The highest BCUT2D eigenvalue weighted by atomic mass is 33.2. The van der Waals surface area contributed by atoms with Crippen LogP contribution in [0.3, 0.4) is 0 Å². The number of esters is 4. The van der Waals surface area contributed by atoms with Crippen molar-refractivity contribution < 1.29 is 71.8 Å². The van der Waals surface area contributed by atoms with Crippen LogP contribution in [0, 0.1) is 26.2 Å². The average molecular weight is 1090 g/mol. The first-order chi connectivity index (χ1) is 32.0. The van der Waals surface area contributed by atoms with Gasteiger partial charge in [-0.3, -0.25) is 19.2 Å². The van der Waals surface area contributed by atoms with Gasteiger partial charge >= 0.3 is 23.9 Å². The van der Waals surface area contributed by atoms with Gasteiger partial charge in [-0.15, -0.1) is 0 Å². The molecule has 0 amide bonds. The lowest BCUT2D eigenvalue weighted by Gasteiger charge is -2.31. The molecule has 0 fully saturated rings. The van der Waals surface area contributed by atoms with Gasteiger partial charge in [-0.1, -0.05) is 71.3 Å². The molecule has 0 N–H and O–H groups in total. The van der Waals surface area contributed by atoms with E-state index >= 15 is 0 Å². The number of benzene rings is 4. The third kappa shape index (κ3) is 19.0. The summed E-state index contributed by atoms with van der Waals surface area (Å²) in [5, 5.41) is 0. The molecule has 0 aliphatic heterocycles. The molecule has 0 bridgehead atoms. The molecule has 0 aromatic heterocycles. The minimum atomic E-state index is -3.85. The van der Waals surface area contributed by atoms with E-state index in [4.69, 9.17) is 18.9 Å². The number of carbonyl (C=O) groups is 4. The van der Waals surface area contributed by atoms with E-state index in [-0.39, 0.29) is 42.6 Å². The third-order valence-electron chi connectivity index (χ3n) is 9.30. The Morgan fingerprint density at radius 1 is 0.368 bits per heavy atom. The minimum absolute atomic E-state index is 0.0197. The highest BCUT2D eigenvalue weighted by molar-refractivity contribution is 8.73. The van der Waals surface area contributed by atoms with Crippen molar-refractivity contribution in [2.24, 2.45) is 5.41 Å². The highest BCUT2D eigenvalue weighted by Gasteiger charge is 2.38. The van der Waals surface area contributed by atoms with E-state index in [1.165, 1.54) is 60.7 Å². The van der Waals surface area contributed by atoms with Crippen molar-refractivity contribution in [2.45, 2.75) is 66.0 Å². The molecular weight excluding hydrogens is 1040 g/mol. The topological polar surface area (TPSA) is 242 Å². The standard InChI is InChI=1S/C44H50O16S8/c1-33-9-15-37(16-10-33)66(51,52)62-26-22-41(46)58-30-44(29-57-40(45)21-25-61-65(49,50)36-7-5-4-6-8-36,31-59-42(47)23-27-63-67(53,54)38-17-11-34(2)12-18-38)32-60-43(48)24-28-64-68(55,56)39-19-13-35(3)14-20-39/h4-20H,21-32H2,1-3H3. The van der Waals surface area contributed by atoms with Crippen LogP contribution in [0.15, 0.2) is 123 Å². The Bertz CT molecular complexity index is 2550. The zero-order valence-corrected chi connectivity index (χ0v) is 43.6. The molecule has 0 aliphatic rings. The predicted molar refractivity (Wildman–Crippen MR) is 263 cm³/mol. The molecule has 0 atom stereocenters. The number of rotatable bonds is 28. The van der Waals surface area contributed by atoms with Crippen LogP contribution >= 0.6 is 43.2 Å². The molecule has 4 rings (SSSR count). The maximum atomic E-state index is 13.1. The molecule has 0 saturated carbocycles. The summed E-state index contributed by atoms with van der Waals surface area (Å²) in [6, 6.07) is 25.8. The molecule has 24 heteroatoms. The van der Waals surface area contributed by atoms with Crippen molar-refractivity contribution in [3.63, 3.8) is 0 Å². The number of carbonyl (C=O) groups excluding carboxylic acids is 4. The lowest BCUT2D eigenvalue weighted by molar-refractivity contribution is -0.170. The zero-order chi connectivity index (χ0) is 50.0. The molecule has 0 spiro atoms. The summed E-state index contributed by atoms with van der Waals surface area (Å²) in [6.45, 7) is 2.43. The first-order valence-electron chi connectivity index (χ1n) is 20.5. The van der Waals surface area contributed by atoms with Gasteiger partial charge in [0.2, 0.25) is 35.5 Å². The van der Waals surface area contributed by atoms with Gasteiger partial charge in [0.15, 0.2) is 0 Å². The molecule has 4 aromatic carbocycles. The molecule has 0 saturated heterocycles. The number of hydrogen-bond donors (Lipinski definition) is 0. The Morgan fingerprint density at radius 3 is 0.824 bits per heavy atom. The second-order valence-electron chi connectivity index (χ2n) is 15.0. The van der Waals surface area contributed by atoms with Crippen molar-refractivity contribution in [1.82, 2.24) is 0 Å². The van der Waals surface area contributed by atoms with Gasteiger partial charge < -0.3 is 18.9 Å². The summed E-state index contributed by atoms with van der Waals surface area (Å²) in [5.41, 5.74) is 0.678. The second-order valence-corrected chi connectivity index (χ2v) is 31.2. The van der Waals surface area contributed by atoms with Gasteiger partial charge in [-0.25, -0.2) is 33.7 Å². The fraction of sp³-hybridized carbons (Fsp3) is 0.364. The SMILES string of the molecule is Cc1ccc(S(=O)(=O)SCCC(=O)OCC(COC(=O)CCSS(=O)(=O)c2ccccc2)(COC(=O)CCSS(=O)(=O)c2ccc(C)cc2)COC(=O)CCSS(=O)(=O)c2ccc(C)cc2)cc1. The molecule has 16 nitrogen and oxygen atoms in total. The van der Waals surface area contributed by atoms with Gasteiger partial charge in [0, 0.05) is 23.0 Å². The molecule has 68 heavy (non-hydrogen) atoms. The minimum Gasteiger partial charge on any atom is -0.465 e. The lowest BCUT2D eigenvalue weighted by Crippen LogP contribution is -2.44. The summed E-state index contributed by atoms with van der Waals surface area (Å²) in [5.74, 6) is -4.67. The largest absolute Gasteiger partial charge is 0.465 e. The molecule has 0 radical (unpaired) electrons. The molecular formula is C44H50O16S8. The van der Waals surface area contributed by atoms with Crippen molar-refractivity contribution >= 4 is 103 Å². The Balaban J connectivity index is 1.49. The van der Waals surface area contributed by atoms with E-state index in [1.807, 2.05) is 0 Å². The van der Waals surface area contributed by atoms with Crippen LogP contribution in [0.5, 0.6) is 0 Å². The number of hydrogen-bond acceptors (Lipinski definition) is 20. The van der Waals surface area contributed by atoms with Gasteiger partial charge in [0.1, 0.15) is 31.8 Å². The van der Waals surface area contributed by atoms with Crippen molar-refractivity contribution in [3.05, 3.63) is 120 Å². The molecule has 0 heterocycles. The molecule has 4 aromatic rings. The first-order valence-corrected chi connectivity index (χ1v) is 32.4. The summed E-state index contributed by atoms with van der Waals surface area (Å²) in [4.78, 5) is 52.6. The van der Waals surface area contributed by atoms with E-state index in [9.17, 15) is 52.8 Å². The van der Waals surface area contributed by atoms with Crippen LogP contribution < -0.4 is 0 Å². The summed E-state index contributed by atoms with van der Waals surface area (Å²) in [7, 11) is -13.4. The van der Waals surface area contributed by atoms with Crippen molar-refractivity contribution in [3.8, 4) is 0 Å². The van der Waals surface area contributed by atoms with Crippen molar-refractivity contribution in [2.75, 3.05) is 49.4 Å². The zero-order valence-electron chi connectivity index (χ0n) is 37.1. The summed E-state index contributed by atoms with van der Waals surface area (Å²) >= 11 is 0. The molecule has 0 aliphatic carbocycles. The van der Waals surface area contributed by atoms with E-state index in [0.717, 1.165) is 16.7 Å². The van der Waals surface area contributed by atoms with Gasteiger partial charge in [0.25, 0.3) is 0 Å². The fourth-order valence-electron chi connectivity index (χ4n) is 5.39. The smallest absolute Gasteiger partial charge is 0.306 e. The number of ether oxygens (including phenoxy) is 4. The van der Waals surface area contributed by atoms with Crippen molar-refractivity contribution in [1.29, 1.82) is 0 Å². The summed E-state index contributed by atoms with van der Waals surface area (Å²) in [6.07, 6.45) is -1.73. The molecule has 370 valence electrons.